The van der Waals surface area contributed by atoms with E-state index in [0.717, 1.165) is 36.0 Å². The number of halogens is 1. The van der Waals surface area contributed by atoms with E-state index in [1.165, 1.54) is 11.0 Å². The molecule has 2 fully saturated rings. The third kappa shape index (κ3) is 5.36. The van der Waals surface area contributed by atoms with Crippen LogP contribution in [0.15, 0.2) is 36.4 Å². The number of nitrogens with one attached hydrogen (secondary N) is 1. The average molecular weight is 535 g/mol. The van der Waals surface area contributed by atoms with Crippen LogP contribution in [0.2, 0.25) is 0 Å². The first-order chi connectivity index (χ1) is 18.4. The van der Waals surface area contributed by atoms with Gasteiger partial charge in [-0.2, -0.15) is 5.26 Å². The molecule has 2 N–H and O–H groups in total. The van der Waals surface area contributed by atoms with Gasteiger partial charge in [-0.25, -0.2) is 9.18 Å². The summed E-state index contributed by atoms with van der Waals surface area (Å²) in [6.45, 7) is 5.97. The maximum atomic E-state index is 15.2. The normalized spacial score (nSPS) is 24.8. The molecule has 2 aliphatic heterocycles. The lowest BCUT2D eigenvalue weighted by molar-refractivity contribution is -0.128. The van der Waals surface area contributed by atoms with Gasteiger partial charge in [-0.05, 0) is 92.9 Å². The summed E-state index contributed by atoms with van der Waals surface area (Å²) in [5, 5.41) is 22.8. The number of rotatable bonds is 5. The molecule has 9 heteroatoms. The third-order valence-corrected chi connectivity index (χ3v) is 8.00. The fourth-order valence-electron chi connectivity index (χ4n) is 6.17. The lowest BCUT2D eigenvalue weighted by Gasteiger charge is -2.35. The van der Waals surface area contributed by atoms with E-state index >= 15 is 4.39 Å². The van der Waals surface area contributed by atoms with Crippen LogP contribution in [0.1, 0.15) is 63.0 Å². The predicted molar refractivity (Wildman–Crippen MR) is 143 cm³/mol. The molecule has 0 spiro atoms. The lowest BCUT2D eigenvalue weighted by atomic mass is 9.96. The van der Waals surface area contributed by atoms with Crippen molar-refractivity contribution in [2.75, 3.05) is 7.05 Å². The highest BCUT2D eigenvalue weighted by Crippen LogP contribution is 2.43. The average Bonchev–Trinajstić information content (AvgIpc) is 3.57. The molecule has 2 amide bonds. The van der Waals surface area contributed by atoms with E-state index in [1.54, 1.807) is 32.9 Å². The van der Waals surface area contributed by atoms with Crippen LogP contribution in [-0.4, -0.2) is 57.7 Å². The summed E-state index contributed by atoms with van der Waals surface area (Å²) in [5.41, 5.74) is 3.02. The Morgan fingerprint density at radius 1 is 1.21 bits per heavy atom. The maximum Gasteiger partial charge on any atom is 0.411 e. The Hall–Kier alpha value is -3.48. The van der Waals surface area contributed by atoms with Crippen LogP contribution in [0, 0.1) is 23.1 Å². The Kier molecular flexibility index (Phi) is 7.12. The van der Waals surface area contributed by atoms with Gasteiger partial charge in [-0.15, -0.1) is 0 Å². The molecule has 2 aromatic carbocycles. The largest absolute Gasteiger partial charge is 0.444 e. The monoisotopic (exact) mass is 534 g/mol. The quantitative estimate of drug-likeness (QED) is 0.594. The molecular formula is C30H35FN4O4. The number of piperidine rings is 1. The molecule has 5 atom stereocenters. The second-order valence-electron chi connectivity index (χ2n) is 12.0. The zero-order chi connectivity index (χ0) is 28.1. The summed E-state index contributed by atoms with van der Waals surface area (Å²) in [6, 6.07) is 10.9. The summed E-state index contributed by atoms with van der Waals surface area (Å²) in [5.74, 6) is -0.844. The molecule has 0 aromatic heterocycles. The third-order valence-electron chi connectivity index (χ3n) is 8.00. The van der Waals surface area contributed by atoms with Crippen molar-refractivity contribution >= 4 is 12.0 Å². The summed E-state index contributed by atoms with van der Waals surface area (Å²) < 4.78 is 20.7. The SMILES string of the molecule is CN1Cc2cc(-c3ccc(CC(C#N)NC(=O)C4C5CCC(C5)N4C(=O)OC(C)(C)C)c(F)c3)ccc2C1O. The van der Waals surface area contributed by atoms with Crippen molar-refractivity contribution in [2.45, 2.75) is 83.0 Å². The van der Waals surface area contributed by atoms with E-state index in [9.17, 15) is 20.0 Å². The van der Waals surface area contributed by atoms with Crippen LogP contribution in [0.5, 0.6) is 0 Å². The minimum atomic E-state index is -0.950. The number of carbonyl (C=O) groups is 2. The number of likely N-dealkylation sites (tertiary alicyclic amines) is 1. The lowest BCUT2D eigenvalue weighted by Crippen LogP contribution is -2.55. The molecule has 1 saturated heterocycles. The Morgan fingerprint density at radius 3 is 2.62 bits per heavy atom. The van der Waals surface area contributed by atoms with Gasteiger partial charge < -0.3 is 15.2 Å². The van der Waals surface area contributed by atoms with Gasteiger partial charge in [0.2, 0.25) is 5.91 Å². The number of hydrogen-bond acceptors (Lipinski definition) is 6. The number of aliphatic hydroxyl groups excluding tert-OH is 1. The second-order valence-corrected chi connectivity index (χ2v) is 12.0. The van der Waals surface area contributed by atoms with Crippen molar-refractivity contribution in [2.24, 2.45) is 5.92 Å². The summed E-state index contributed by atoms with van der Waals surface area (Å²) in [6.07, 6.45) is 1.26. The van der Waals surface area contributed by atoms with Crippen LogP contribution < -0.4 is 5.32 Å². The number of hydrogen-bond donors (Lipinski definition) is 2. The first-order valence-electron chi connectivity index (χ1n) is 13.5. The Bertz CT molecular complexity index is 1330. The van der Waals surface area contributed by atoms with Crippen molar-refractivity contribution in [1.29, 1.82) is 5.26 Å². The van der Waals surface area contributed by atoms with E-state index in [1.807, 2.05) is 30.1 Å². The predicted octanol–water partition coefficient (Wildman–Crippen LogP) is 4.27. The van der Waals surface area contributed by atoms with Crippen LogP contribution in [0.3, 0.4) is 0 Å². The smallest absolute Gasteiger partial charge is 0.411 e. The number of fused-ring (bicyclic) bond motifs is 3. The van der Waals surface area contributed by atoms with Crippen LogP contribution in [0.4, 0.5) is 9.18 Å². The van der Waals surface area contributed by atoms with Crippen molar-refractivity contribution in [3.05, 3.63) is 58.9 Å². The Labute approximate surface area is 228 Å². The van der Waals surface area contributed by atoms with E-state index in [-0.39, 0.29) is 18.4 Å². The zero-order valence-corrected chi connectivity index (χ0v) is 22.8. The van der Waals surface area contributed by atoms with Gasteiger partial charge in [0.25, 0.3) is 0 Å². The molecule has 3 aliphatic rings. The van der Waals surface area contributed by atoms with Gasteiger partial charge in [0.15, 0.2) is 0 Å². The van der Waals surface area contributed by atoms with E-state index in [4.69, 9.17) is 4.74 Å². The van der Waals surface area contributed by atoms with Crippen molar-refractivity contribution < 1.29 is 23.8 Å². The molecular weight excluding hydrogens is 499 g/mol. The molecule has 1 saturated carbocycles. The minimum absolute atomic E-state index is 0.00276. The highest BCUT2D eigenvalue weighted by molar-refractivity contribution is 5.87. The summed E-state index contributed by atoms with van der Waals surface area (Å²) >= 11 is 0. The topological polar surface area (TPSA) is 106 Å². The highest BCUT2D eigenvalue weighted by atomic mass is 19.1. The number of benzene rings is 2. The first-order valence-corrected chi connectivity index (χ1v) is 13.5. The Balaban J connectivity index is 1.27. The fraction of sp³-hybridized carbons (Fsp3) is 0.500. The van der Waals surface area contributed by atoms with Gasteiger partial charge in [-0.1, -0.05) is 24.3 Å². The summed E-state index contributed by atoms with van der Waals surface area (Å²) in [7, 11) is 1.84. The number of nitrogens with zero attached hydrogens (tertiary/aromatic N) is 3. The van der Waals surface area contributed by atoms with Gasteiger partial charge in [0, 0.05) is 19.0 Å². The van der Waals surface area contributed by atoms with Gasteiger partial charge >= 0.3 is 6.09 Å². The standard InChI is InChI=1S/C30H35FN4O4/c1-30(2,3)39-29(38)35-23-9-7-20(13-23)26(35)27(36)33-22(15-32)12-19-6-5-18(14-25(19)31)17-8-10-24-21(11-17)16-34(4)28(24)37/h5-6,8,10-11,14,20,22-23,26,28,37H,7,9,12-13,16H2,1-4H3,(H,33,36). The van der Waals surface area contributed by atoms with E-state index in [0.29, 0.717) is 17.7 Å². The molecule has 5 rings (SSSR count). The van der Waals surface area contributed by atoms with Gasteiger partial charge in [0.1, 0.15) is 29.7 Å². The number of carbonyl (C=O) groups excluding carboxylic acids is 2. The first kappa shape index (κ1) is 27.1. The number of nitriles is 1. The number of aliphatic hydroxyl groups is 1. The van der Waals surface area contributed by atoms with Crippen LogP contribution in [0.25, 0.3) is 11.1 Å². The van der Waals surface area contributed by atoms with Gasteiger partial charge in [-0.3, -0.25) is 14.6 Å². The summed E-state index contributed by atoms with van der Waals surface area (Å²) in [4.78, 5) is 29.6. The molecule has 8 nitrogen and oxygen atoms in total. The fourth-order valence-corrected chi connectivity index (χ4v) is 6.17. The molecule has 206 valence electrons. The van der Waals surface area contributed by atoms with Crippen LogP contribution >= 0.6 is 0 Å². The van der Waals surface area contributed by atoms with E-state index < -0.39 is 41.7 Å². The van der Waals surface area contributed by atoms with Crippen molar-refractivity contribution in [1.82, 2.24) is 15.1 Å². The molecule has 5 unspecified atom stereocenters. The second kappa shape index (κ2) is 10.2. The molecule has 2 aromatic rings. The van der Waals surface area contributed by atoms with E-state index in [2.05, 4.69) is 11.4 Å². The molecule has 1 aliphatic carbocycles. The minimum Gasteiger partial charge on any atom is -0.444 e. The maximum absolute atomic E-state index is 15.2. The van der Waals surface area contributed by atoms with Crippen molar-refractivity contribution in [3.63, 3.8) is 0 Å². The molecule has 0 radical (unpaired) electrons. The number of ether oxygens (including phenoxy) is 1. The van der Waals surface area contributed by atoms with Crippen LogP contribution in [-0.2, 0) is 22.5 Å². The Morgan fingerprint density at radius 2 is 1.92 bits per heavy atom. The zero-order valence-electron chi connectivity index (χ0n) is 22.8. The molecule has 2 heterocycles. The highest BCUT2D eigenvalue weighted by Gasteiger charge is 2.52. The molecule has 2 bridgehead atoms. The van der Waals surface area contributed by atoms with Crippen molar-refractivity contribution in [3.8, 4) is 17.2 Å². The van der Waals surface area contributed by atoms with Gasteiger partial charge in [0.05, 0.1) is 6.07 Å². The number of amides is 2. The molecule has 39 heavy (non-hydrogen) atoms.